The van der Waals surface area contributed by atoms with Gasteiger partial charge in [-0.3, -0.25) is 9.69 Å². The van der Waals surface area contributed by atoms with Gasteiger partial charge in [-0.15, -0.1) is 0 Å². The number of hydrogen-bond donors (Lipinski definition) is 2. The summed E-state index contributed by atoms with van der Waals surface area (Å²) in [7, 11) is 0. The Balaban J connectivity index is 1.80. The molecule has 1 heterocycles. The van der Waals surface area contributed by atoms with Gasteiger partial charge in [0.1, 0.15) is 0 Å². The molecule has 0 saturated carbocycles. The number of hydrogen-bond acceptors (Lipinski definition) is 3. The zero-order chi connectivity index (χ0) is 14.5. The van der Waals surface area contributed by atoms with E-state index in [1.165, 1.54) is 5.56 Å². The van der Waals surface area contributed by atoms with E-state index in [0.717, 1.165) is 13.0 Å². The van der Waals surface area contributed by atoms with Gasteiger partial charge in [0.25, 0.3) is 0 Å². The summed E-state index contributed by atoms with van der Waals surface area (Å²) < 4.78 is 0. The van der Waals surface area contributed by atoms with Crippen LogP contribution in [-0.4, -0.2) is 47.7 Å². The predicted octanol–water partition coefficient (Wildman–Crippen LogP) is 1.36. The summed E-state index contributed by atoms with van der Waals surface area (Å²) >= 11 is 0. The molecule has 1 aliphatic rings. The maximum Gasteiger partial charge on any atom is 0.237 e. The van der Waals surface area contributed by atoms with Crippen molar-refractivity contribution in [3.63, 3.8) is 0 Å². The molecular formula is C16H24N2O2. The molecule has 0 radical (unpaired) electrons. The second-order valence-corrected chi connectivity index (χ2v) is 5.67. The molecule has 1 aromatic rings. The van der Waals surface area contributed by atoms with Crippen molar-refractivity contribution in [3.05, 3.63) is 35.9 Å². The molecule has 0 bridgehead atoms. The van der Waals surface area contributed by atoms with Crippen molar-refractivity contribution in [2.75, 3.05) is 19.6 Å². The molecule has 1 fully saturated rings. The number of nitrogens with one attached hydrogen (secondary N) is 1. The molecule has 1 saturated heterocycles. The van der Waals surface area contributed by atoms with Crippen LogP contribution in [0, 0.1) is 0 Å². The van der Waals surface area contributed by atoms with Crippen molar-refractivity contribution < 1.29 is 9.90 Å². The van der Waals surface area contributed by atoms with Gasteiger partial charge >= 0.3 is 0 Å². The fourth-order valence-corrected chi connectivity index (χ4v) is 2.59. The van der Waals surface area contributed by atoms with Gasteiger partial charge in [-0.25, -0.2) is 0 Å². The van der Waals surface area contributed by atoms with E-state index in [1.807, 2.05) is 30.0 Å². The van der Waals surface area contributed by atoms with E-state index in [0.29, 0.717) is 19.0 Å². The number of aliphatic hydroxyl groups excluding tert-OH is 1. The molecule has 110 valence electrons. The SMILES string of the molecule is CC(CNC(=O)C(C)N1CCC(O)C1)c1ccccc1. The van der Waals surface area contributed by atoms with Gasteiger partial charge in [0.15, 0.2) is 0 Å². The van der Waals surface area contributed by atoms with Crippen LogP contribution in [0.2, 0.25) is 0 Å². The number of amides is 1. The molecule has 3 atom stereocenters. The van der Waals surface area contributed by atoms with Gasteiger partial charge in [0.2, 0.25) is 5.91 Å². The van der Waals surface area contributed by atoms with Crippen molar-refractivity contribution in [2.24, 2.45) is 0 Å². The molecule has 20 heavy (non-hydrogen) atoms. The Morgan fingerprint density at radius 1 is 1.40 bits per heavy atom. The predicted molar refractivity (Wildman–Crippen MR) is 79.5 cm³/mol. The molecule has 0 aromatic heterocycles. The third-order valence-corrected chi connectivity index (χ3v) is 4.07. The van der Waals surface area contributed by atoms with Crippen LogP contribution in [0.1, 0.15) is 31.7 Å². The minimum atomic E-state index is -0.284. The second-order valence-electron chi connectivity index (χ2n) is 5.67. The van der Waals surface area contributed by atoms with Gasteiger partial charge in [-0.2, -0.15) is 0 Å². The molecule has 0 aliphatic carbocycles. The molecule has 2 rings (SSSR count). The lowest BCUT2D eigenvalue weighted by Crippen LogP contribution is -2.45. The van der Waals surface area contributed by atoms with E-state index in [2.05, 4.69) is 24.4 Å². The quantitative estimate of drug-likeness (QED) is 0.854. The fraction of sp³-hybridized carbons (Fsp3) is 0.562. The lowest BCUT2D eigenvalue weighted by molar-refractivity contribution is -0.125. The van der Waals surface area contributed by atoms with Crippen molar-refractivity contribution in [2.45, 2.75) is 38.3 Å². The molecule has 4 heteroatoms. The summed E-state index contributed by atoms with van der Waals surface area (Å²) in [5, 5.41) is 12.5. The fourth-order valence-electron chi connectivity index (χ4n) is 2.59. The van der Waals surface area contributed by atoms with Crippen LogP contribution in [0.25, 0.3) is 0 Å². The van der Waals surface area contributed by atoms with Crippen LogP contribution in [0.3, 0.4) is 0 Å². The largest absolute Gasteiger partial charge is 0.392 e. The zero-order valence-corrected chi connectivity index (χ0v) is 12.2. The first-order valence-corrected chi connectivity index (χ1v) is 7.32. The Bertz CT molecular complexity index is 435. The number of β-amino-alcohol motifs (C(OH)–C–C–N with tert-alkyl or cyclic N) is 1. The Labute approximate surface area is 120 Å². The Hall–Kier alpha value is -1.39. The van der Waals surface area contributed by atoms with Crippen LogP contribution in [0.15, 0.2) is 30.3 Å². The smallest absolute Gasteiger partial charge is 0.237 e. The van der Waals surface area contributed by atoms with Crippen LogP contribution in [0.5, 0.6) is 0 Å². The van der Waals surface area contributed by atoms with Crippen molar-refractivity contribution in [1.82, 2.24) is 10.2 Å². The number of aliphatic hydroxyl groups is 1. The summed E-state index contributed by atoms with van der Waals surface area (Å²) in [5.41, 5.74) is 1.23. The van der Waals surface area contributed by atoms with Gasteiger partial charge in [-0.1, -0.05) is 37.3 Å². The van der Waals surface area contributed by atoms with Gasteiger partial charge in [0.05, 0.1) is 12.1 Å². The van der Waals surface area contributed by atoms with Crippen LogP contribution in [-0.2, 0) is 4.79 Å². The standard InChI is InChI=1S/C16H24N2O2/c1-12(14-6-4-3-5-7-14)10-17-16(20)13(2)18-9-8-15(19)11-18/h3-7,12-13,15,19H,8-11H2,1-2H3,(H,17,20). The minimum Gasteiger partial charge on any atom is -0.392 e. The van der Waals surface area contributed by atoms with Crippen LogP contribution in [0.4, 0.5) is 0 Å². The first kappa shape index (κ1) is 15.0. The number of rotatable bonds is 5. The monoisotopic (exact) mass is 276 g/mol. The lowest BCUT2D eigenvalue weighted by Gasteiger charge is -2.23. The molecule has 4 nitrogen and oxygen atoms in total. The molecule has 2 N–H and O–H groups in total. The lowest BCUT2D eigenvalue weighted by atomic mass is 10.0. The number of likely N-dealkylation sites (tertiary alicyclic amines) is 1. The summed E-state index contributed by atoms with van der Waals surface area (Å²) in [6.45, 7) is 6.05. The number of carbonyl (C=O) groups excluding carboxylic acids is 1. The topological polar surface area (TPSA) is 52.6 Å². The highest BCUT2D eigenvalue weighted by molar-refractivity contribution is 5.81. The third-order valence-electron chi connectivity index (χ3n) is 4.07. The highest BCUT2D eigenvalue weighted by Crippen LogP contribution is 2.15. The van der Waals surface area contributed by atoms with Crippen molar-refractivity contribution in [1.29, 1.82) is 0 Å². The third kappa shape index (κ3) is 3.81. The van der Waals surface area contributed by atoms with Crippen molar-refractivity contribution >= 4 is 5.91 Å². The summed E-state index contributed by atoms with van der Waals surface area (Å²) in [4.78, 5) is 14.2. The molecular weight excluding hydrogens is 252 g/mol. The van der Waals surface area contributed by atoms with E-state index in [1.54, 1.807) is 0 Å². The van der Waals surface area contributed by atoms with E-state index in [-0.39, 0.29) is 18.1 Å². The second kappa shape index (κ2) is 6.86. The average molecular weight is 276 g/mol. The van der Waals surface area contributed by atoms with Gasteiger partial charge in [0, 0.05) is 19.6 Å². The van der Waals surface area contributed by atoms with E-state index < -0.39 is 0 Å². The molecule has 0 spiro atoms. The molecule has 1 aromatic carbocycles. The minimum absolute atomic E-state index is 0.0434. The Kier molecular flexibility index (Phi) is 5.15. The van der Waals surface area contributed by atoms with Gasteiger partial charge in [-0.05, 0) is 24.8 Å². The highest BCUT2D eigenvalue weighted by atomic mass is 16.3. The van der Waals surface area contributed by atoms with Crippen molar-refractivity contribution in [3.8, 4) is 0 Å². The maximum absolute atomic E-state index is 12.1. The van der Waals surface area contributed by atoms with Crippen LogP contribution >= 0.6 is 0 Å². The first-order chi connectivity index (χ1) is 9.58. The Morgan fingerprint density at radius 2 is 2.10 bits per heavy atom. The maximum atomic E-state index is 12.1. The molecule has 1 amide bonds. The van der Waals surface area contributed by atoms with E-state index >= 15 is 0 Å². The first-order valence-electron chi connectivity index (χ1n) is 7.32. The normalized spacial score (nSPS) is 22.4. The summed E-state index contributed by atoms with van der Waals surface area (Å²) in [5.74, 6) is 0.346. The molecule has 3 unspecified atom stereocenters. The van der Waals surface area contributed by atoms with E-state index in [4.69, 9.17) is 0 Å². The number of nitrogens with zero attached hydrogens (tertiary/aromatic N) is 1. The highest BCUT2D eigenvalue weighted by Gasteiger charge is 2.28. The zero-order valence-electron chi connectivity index (χ0n) is 12.2. The number of benzene rings is 1. The van der Waals surface area contributed by atoms with Crippen LogP contribution < -0.4 is 5.32 Å². The Morgan fingerprint density at radius 3 is 2.70 bits per heavy atom. The van der Waals surface area contributed by atoms with E-state index in [9.17, 15) is 9.90 Å². The molecule has 1 aliphatic heterocycles. The summed E-state index contributed by atoms with van der Waals surface area (Å²) in [6.07, 6.45) is 0.478. The van der Waals surface area contributed by atoms with Gasteiger partial charge < -0.3 is 10.4 Å². The average Bonchev–Trinajstić information content (AvgIpc) is 2.91. The number of carbonyl (C=O) groups is 1. The summed E-state index contributed by atoms with van der Waals surface area (Å²) in [6, 6.07) is 10.0.